The molecule has 0 amide bonds. The second-order valence-electron chi connectivity index (χ2n) is 7.21. The van der Waals surface area contributed by atoms with E-state index < -0.39 is 10.0 Å². The molecular weight excluding hydrogens is 454 g/mol. The molecule has 3 heterocycles. The summed E-state index contributed by atoms with van der Waals surface area (Å²) in [6.45, 7) is 4.32. The van der Waals surface area contributed by atoms with Crippen LogP contribution in [0.5, 0.6) is 0 Å². The van der Waals surface area contributed by atoms with E-state index in [0.717, 1.165) is 33.6 Å². The van der Waals surface area contributed by atoms with Gasteiger partial charge in [-0.25, -0.2) is 8.42 Å². The van der Waals surface area contributed by atoms with E-state index in [2.05, 4.69) is 9.98 Å². The Labute approximate surface area is 189 Å². The number of nitrogens with zero attached hydrogens (tertiary/aromatic N) is 2. The van der Waals surface area contributed by atoms with Gasteiger partial charge in [0, 0.05) is 18.9 Å². The minimum Gasteiger partial charge on any atom is -0.449 e. The number of aliphatic imine (C=N–C) groups is 1. The Hall–Kier alpha value is -2.30. The highest BCUT2D eigenvalue weighted by atomic mass is 32.2. The average Bonchev–Trinajstić information content (AvgIpc) is 3.48. The predicted octanol–water partition coefficient (Wildman–Crippen LogP) is 4.53. The molecule has 10 heteroatoms. The lowest BCUT2D eigenvalue weighted by Crippen LogP contribution is -2.26. The maximum atomic E-state index is 13.0. The predicted molar refractivity (Wildman–Crippen MR) is 127 cm³/mol. The van der Waals surface area contributed by atoms with Crippen LogP contribution in [0.3, 0.4) is 0 Å². The van der Waals surface area contributed by atoms with Crippen LogP contribution in [-0.4, -0.2) is 43.4 Å². The first kappa shape index (κ1) is 21.9. The smallest absolute Gasteiger partial charge is 0.306 e. The first-order chi connectivity index (χ1) is 14.8. The number of ether oxygens (including phenoxy) is 1. The molecule has 164 valence electrons. The van der Waals surface area contributed by atoms with Crippen LogP contribution < -0.4 is 4.31 Å². The number of rotatable bonds is 7. The molecule has 1 atom stereocenters. The first-order valence-electron chi connectivity index (χ1n) is 9.87. The Kier molecular flexibility index (Phi) is 6.14. The number of aromatic amines is 1. The molecule has 0 fully saturated rings. The van der Waals surface area contributed by atoms with Crippen LogP contribution in [0.15, 0.2) is 44.9 Å². The Bertz CT molecular complexity index is 1250. The summed E-state index contributed by atoms with van der Waals surface area (Å²) in [5, 5.41) is 3.42. The maximum absolute atomic E-state index is 13.0. The van der Waals surface area contributed by atoms with Crippen LogP contribution in [0, 0.1) is 6.92 Å². The highest BCUT2D eigenvalue weighted by Gasteiger charge is 2.27. The lowest BCUT2D eigenvalue weighted by molar-refractivity contribution is -0.144. The SMILES string of the molecule is CCCC(=O)OC1CN=C(c2cc3c(C)ccc(N(C)S(=O)(=O)c4cccs4)c3[nH]2)S1. The van der Waals surface area contributed by atoms with Gasteiger partial charge >= 0.3 is 5.97 Å². The summed E-state index contributed by atoms with van der Waals surface area (Å²) < 4.78 is 33.1. The monoisotopic (exact) mass is 477 g/mol. The third-order valence-corrected chi connectivity index (χ3v) is 9.24. The topological polar surface area (TPSA) is 91.8 Å². The molecule has 0 saturated heterocycles. The molecule has 1 aromatic carbocycles. The van der Waals surface area contributed by atoms with E-state index in [-0.39, 0.29) is 11.4 Å². The molecule has 3 aromatic rings. The fraction of sp³-hybridized carbons (Fsp3) is 0.333. The molecule has 4 rings (SSSR count). The molecule has 1 aliphatic heterocycles. The summed E-state index contributed by atoms with van der Waals surface area (Å²) in [5.41, 5.74) is 2.77. The number of anilines is 1. The van der Waals surface area contributed by atoms with Crippen molar-refractivity contribution in [2.75, 3.05) is 17.9 Å². The van der Waals surface area contributed by atoms with Gasteiger partial charge in [0.1, 0.15) is 9.25 Å². The Morgan fingerprint density at radius 3 is 2.87 bits per heavy atom. The van der Waals surface area contributed by atoms with Gasteiger partial charge in [-0.05, 0) is 42.5 Å². The molecule has 0 aliphatic carbocycles. The molecule has 1 unspecified atom stereocenters. The van der Waals surface area contributed by atoms with E-state index in [1.54, 1.807) is 24.6 Å². The van der Waals surface area contributed by atoms with Gasteiger partial charge in [0.2, 0.25) is 0 Å². The number of carbonyl (C=O) groups excluding carboxylic acids is 1. The van der Waals surface area contributed by atoms with Crippen molar-refractivity contribution in [2.24, 2.45) is 4.99 Å². The number of benzene rings is 1. The van der Waals surface area contributed by atoms with E-state index >= 15 is 0 Å². The maximum Gasteiger partial charge on any atom is 0.306 e. The largest absolute Gasteiger partial charge is 0.449 e. The minimum absolute atomic E-state index is 0.216. The Balaban J connectivity index is 1.64. The van der Waals surface area contributed by atoms with Crippen LogP contribution in [-0.2, 0) is 19.6 Å². The van der Waals surface area contributed by atoms with Crippen LogP contribution >= 0.6 is 23.1 Å². The van der Waals surface area contributed by atoms with Crippen molar-refractivity contribution in [3.8, 4) is 0 Å². The number of sulfonamides is 1. The van der Waals surface area contributed by atoms with Gasteiger partial charge in [-0.1, -0.05) is 30.8 Å². The average molecular weight is 478 g/mol. The summed E-state index contributed by atoms with van der Waals surface area (Å²) >= 11 is 2.59. The highest BCUT2D eigenvalue weighted by Crippen LogP contribution is 2.35. The van der Waals surface area contributed by atoms with Crippen LogP contribution in [0.4, 0.5) is 5.69 Å². The zero-order valence-corrected chi connectivity index (χ0v) is 19.9. The molecule has 1 aliphatic rings. The molecular formula is C21H23N3O4S3. The lowest BCUT2D eigenvalue weighted by atomic mass is 10.1. The number of carbonyl (C=O) groups is 1. The van der Waals surface area contributed by atoms with E-state index in [1.807, 2.05) is 32.0 Å². The summed E-state index contributed by atoms with van der Waals surface area (Å²) in [4.78, 5) is 19.7. The first-order valence-corrected chi connectivity index (χ1v) is 13.1. The summed E-state index contributed by atoms with van der Waals surface area (Å²) in [6.07, 6.45) is 1.14. The van der Waals surface area contributed by atoms with Crippen molar-refractivity contribution in [1.29, 1.82) is 0 Å². The molecule has 7 nitrogen and oxygen atoms in total. The zero-order chi connectivity index (χ0) is 22.2. The normalized spacial score (nSPS) is 16.5. The van der Waals surface area contributed by atoms with Gasteiger partial charge in [-0.15, -0.1) is 11.3 Å². The molecule has 31 heavy (non-hydrogen) atoms. The lowest BCUT2D eigenvalue weighted by Gasteiger charge is -2.19. The van der Waals surface area contributed by atoms with Crippen LogP contribution in [0.1, 0.15) is 31.0 Å². The van der Waals surface area contributed by atoms with Crippen LogP contribution in [0.2, 0.25) is 0 Å². The number of aromatic nitrogens is 1. The van der Waals surface area contributed by atoms with Gasteiger partial charge in [-0.2, -0.15) is 0 Å². The third-order valence-electron chi connectivity index (χ3n) is 5.01. The van der Waals surface area contributed by atoms with Crippen LogP contribution in [0.25, 0.3) is 10.9 Å². The molecule has 0 bridgehead atoms. The number of hydrogen-bond donors (Lipinski definition) is 1. The highest BCUT2D eigenvalue weighted by molar-refractivity contribution is 8.15. The molecule has 1 N–H and O–H groups in total. The minimum atomic E-state index is -3.65. The summed E-state index contributed by atoms with van der Waals surface area (Å²) in [5.74, 6) is -0.216. The van der Waals surface area contributed by atoms with Crippen molar-refractivity contribution < 1.29 is 17.9 Å². The number of thioether (sulfide) groups is 1. The second kappa shape index (κ2) is 8.68. The third kappa shape index (κ3) is 4.24. The van der Waals surface area contributed by atoms with E-state index in [4.69, 9.17) is 4.74 Å². The number of H-pyrrole nitrogens is 1. The van der Waals surface area contributed by atoms with Gasteiger partial charge < -0.3 is 9.72 Å². The van der Waals surface area contributed by atoms with Gasteiger partial charge in [0.15, 0.2) is 5.44 Å². The van der Waals surface area contributed by atoms with Gasteiger partial charge in [-0.3, -0.25) is 14.1 Å². The standard InChI is InChI=1S/C21H23N3O4S3/c1-4-6-17(25)28-18-12-22-21(30-18)15-11-14-13(2)8-9-16(20(14)23-15)24(3)31(26,27)19-7-5-10-29-19/h5,7-11,18,23H,4,6,12H2,1-3H3. The summed E-state index contributed by atoms with van der Waals surface area (Å²) in [7, 11) is -2.09. The van der Waals surface area contributed by atoms with E-state index in [0.29, 0.717) is 22.9 Å². The van der Waals surface area contributed by atoms with E-state index in [1.165, 1.54) is 27.4 Å². The second-order valence-corrected chi connectivity index (χ2v) is 11.5. The Morgan fingerprint density at radius 1 is 1.35 bits per heavy atom. The number of aryl methyl sites for hydroxylation is 1. The van der Waals surface area contributed by atoms with Gasteiger partial charge in [0.25, 0.3) is 10.0 Å². The van der Waals surface area contributed by atoms with E-state index in [9.17, 15) is 13.2 Å². The number of nitrogens with one attached hydrogen (secondary N) is 1. The number of fused-ring (bicyclic) bond motifs is 1. The fourth-order valence-corrected chi connectivity index (χ4v) is 6.68. The van der Waals surface area contributed by atoms with Crippen molar-refractivity contribution >= 4 is 60.7 Å². The molecule has 0 saturated carbocycles. The fourth-order valence-electron chi connectivity index (χ4n) is 3.37. The van der Waals surface area contributed by atoms with Crippen molar-refractivity contribution in [3.05, 3.63) is 47.0 Å². The molecule has 0 spiro atoms. The van der Waals surface area contributed by atoms with Gasteiger partial charge in [0.05, 0.1) is 23.4 Å². The number of esters is 1. The van der Waals surface area contributed by atoms with Crippen molar-refractivity contribution in [3.63, 3.8) is 0 Å². The van der Waals surface area contributed by atoms with Crippen molar-refractivity contribution in [2.45, 2.75) is 36.3 Å². The summed E-state index contributed by atoms with van der Waals surface area (Å²) in [6, 6.07) is 9.02. The number of thiophene rings is 1. The number of hydrogen-bond acceptors (Lipinski definition) is 7. The molecule has 2 aromatic heterocycles. The zero-order valence-electron chi connectivity index (χ0n) is 17.4. The Morgan fingerprint density at radius 2 is 2.16 bits per heavy atom. The van der Waals surface area contributed by atoms with Crippen molar-refractivity contribution in [1.82, 2.24) is 4.98 Å². The quantitative estimate of drug-likeness (QED) is 0.505. The molecule has 0 radical (unpaired) electrons.